The van der Waals surface area contributed by atoms with Gasteiger partial charge in [0.05, 0.1) is 9.81 Å². The molecule has 3 saturated heterocycles. The van der Waals surface area contributed by atoms with Crippen molar-refractivity contribution in [3.8, 4) is 0 Å². The molecule has 0 aliphatic carbocycles. The lowest BCUT2D eigenvalue weighted by atomic mass is 10.2. The third-order valence-electron chi connectivity index (χ3n) is 7.21. The standard InChI is InChI=1S/C30H26F2N4O4S4/c31-21-7-3-1-5-19(21)17-23-27(39)35(29(41)43-23)11-9-25(37)33-13-15-34(16-14-33)26(38)10-12-36-28(40)24(44-30(36)42)18-20-6-2-4-8-22(20)32/h1-8,17-18H,9-16H2/b23-17-,24-18+. The van der Waals surface area contributed by atoms with E-state index in [0.29, 0.717) is 44.6 Å². The number of hydrogen-bond donors (Lipinski definition) is 0. The third kappa shape index (κ3) is 7.25. The Bertz CT molecular complexity index is 1490. The van der Waals surface area contributed by atoms with E-state index < -0.39 is 11.6 Å². The molecule has 8 nitrogen and oxygen atoms in total. The van der Waals surface area contributed by atoms with Crippen molar-refractivity contribution in [2.45, 2.75) is 12.8 Å². The molecule has 4 amide bonds. The van der Waals surface area contributed by atoms with Gasteiger partial charge in [0.15, 0.2) is 0 Å². The minimum atomic E-state index is -0.444. The average molecular weight is 673 g/mol. The molecule has 2 aromatic rings. The van der Waals surface area contributed by atoms with Crippen LogP contribution < -0.4 is 0 Å². The van der Waals surface area contributed by atoms with Gasteiger partial charge in [0.2, 0.25) is 11.8 Å². The van der Waals surface area contributed by atoms with E-state index in [1.54, 1.807) is 46.2 Å². The smallest absolute Gasteiger partial charge is 0.266 e. The van der Waals surface area contributed by atoms with Crippen molar-refractivity contribution in [2.75, 3.05) is 39.3 Å². The lowest BCUT2D eigenvalue weighted by Gasteiger charge is -2.35. The molecule has 0 spiro atoms. The first-order chi connectivity index (χ1) is 21.1. The maximum absolute atomic E-state index is 14.0. The first-order valence-corrected chi connectivity index (χ1v) is 16.1. The second kappa shape index (κ2) is 14.1. The maximum atomic E-state index is 14.0. The monoisotopic (exact) mass is 672 g/mol. The molecule has 5 rings (SSSR count). The van der Waals surface area contributed by atoms with Gasteiger partial charge in [0.1, 0.15) is 20.3 Å². The van der Waals surface area contributed by atoms with Crippen molar-refractivity contribution in [1.29, 1.82) is 0 Å². The van der Waals surface area contributed by atoms with Crippen molar-refractivity contribution in [3.63, 3.8) is 0 Å². The van der Waals surface area contributed by atoms with E-state index in [0.717, 1.165) is 23.5 Å². The number of carbonyl (C=O) groups excluding carboxylic acids is 4. The first-order valence-electron chi connectivity index (χ1n) is 13.7. The summed E-state index contributed by atoms with van der Waals surface area (Å²) in [5.74, 6) is -1.95. The van der Waals surface area contributed by atoms with Crippen molar-refractivity contribution in [3.05, 3.63) is 81.1 Å². The Kier molecular flexibility index (Phi) is 10.2. The van der Waals surface area contributed by atoms with Gasteiger partial charge in [-0.25, -0.2) is 8.78 Å². The van der Waals surface area contributed by atoms with Crippen molar-refractivity contribution < 1.29 is 28.0 Å². The van der Waals surface area contributed by atoms with E-state index in [-0.39, 0.29) is 60.7 Å². The molecule has 0 radical (unpaired) electrons. The van der Waals surface area contributed by atoms with Crippen LogP contribution in [0.1, 0.15) is 24.0 Å². The van der Waals surface area contributed by atoms with Crippen molar-refractivity contribution >= 4 is 92.4 Å². The van der Waals surface area contributed by atoms with E-state index in [4.69, 9.17) is 24.4 Å². The SMILES string of the molecule is O=C(CCN1C(=O)/C(=C/c2ccccc2F)SC1=S)N1CCN(C(=O)CCN2C(=O)/C(=C\c3ccccc3F)SC2=S)CC1. The van der Waals surface area contributed by atoms with E-state index in [1.807, 2.05) is 0 Å². The van der Waals surface area contributed by atoms with Crippen molar-refractivity contribution in [1.82, 2.24) is 19.6 Å². The highest BCUT2D eigenvalue weighted by Crippen LogP contribution is 2.34. The van der Waals surface area contributed by atoms with Gasteiger partial charge in [-0.15, -0.1) is 0 Å². The molecule has 3 heterocycles. The molecule has 3 aliphatic rings. The summed E-state index contributed by atoms with van der Waals surface area (Å²) in [6, 6.07) is 12.2. The highest BCUT2D eigenvalue weighted by atomic mass is 32.2. The molecular formula is C30H26F2N4O4S4. The number of benzene rings is 2. The third-order valence-corrected chi connectivity index (χ3v) is 9.97. The van der Waals surface area contributed by atoms with Gasteiger partial charge in [-0.05, 0) is 24.3 Å². The Labute approximate surface area is 272 Å². The van der Waals surface area contributed by atoms with E-state index in [2.05, 4.69) is 0 Å². The second-order valence-electron chi connectivity index (χ2n) is 9.97. The average Bonchev–Trinajstić information content (AvgIpc) is 3.44. The molecule has 0 bridgehead atoms. The van der Waals surface area contributed by atoms with E-state index in [9.17, 15) is 28.0 Å². The molecule has 3 aliphatic heterocycles. The Morgan fingerprint density at radius 3 is 1.41 bits per heavy atom. The number of rotatable bonds is 8. The van der Waals surface area contributed by atoms with Gasteiger partial charge >= 0.3 is 0 Å². The van der Waals surface area contributed by atoms with Crippen LogP contribution in [-0.2, 0) is 19.2 Å². The van der Waals surface area contributed by atoms with Crippen LogP contribution in [0.25, 0.3) is 12.2 Å². The fourth-order valence-corrected chi connectivity index (χ4v) is 7.39. The second-order valence-corrected chi connectivity index (χ2v) is 13.3. The first kappa shape index (κ1) is 31.9. The molecule has 0 aromatic heterocycles. The predicted octanol–water partition coefficient (Wildman–Crippen LogP) is 4.52. The quantitative estimate of drug-likeness (QED) is 0.300. The summed E-state index contributed by atoms with van der Waals surface area (Å²) in [6.07, 6.45) is 3.03. The summed E-state index contributed by atoms with van der Waals surface area (Å²) in [7, 11) is 0. The van der Waals surface area contributed by atoms with Crippen LogP contribution in [0, 0.1) is 11.6 Å². The van der Waals surface area contributed by atoms with Crippen LogP contribution in [0.5, 0.6) is 0 Å². The molecule has 228 valence electrons. The molecule has 0 N–H and O–H groups in total. The van der Waals surface area contributed by atoms with Gasteiger partial charge in [0.25, 0.3) is 11.8 Å². The number of thiocarbonyl (C=S) groups is 2. The molecule has 44 heavy (non-hydrogen) atoms. The molecule has 0 unspecified atom stereocenters. The molecule has 14 heteroatoms. The molecule has 2 aromatic carbocycles. The summed E-state index contributed by atoms with van der Waals surface area (Å²) in [5.41, 5.74) is 0.568. The number of thioether (sulfide) groups is 2. The Balaban J connectivity index is 1.07. The van der Waals surface area contributed by atoms with Gasteiger partial charge in [-0.3, -0.25) is 29.0 Å². The minimum Gasteiger partial charge on any atom is -0.339 e. The van der Waals surface area contributed by atoms with E-state index in [1.165, 1.54) is 34.1 Å². The zero-order valence-corrected chi connectivity index (χ0v) is 26.5. The number of halogens is 2. The minimum absolute atomic E-state index is 0.0578. The highest BCUT2D eigenvalue weighted by molar-refractivity contribution is 8.27. The van der Waals surface area contributed by atoms with Gasteiger partial charge < -0.3 is 9.80 Å². The molecular weight excluding hydrogens is 647 g/mol. The van der Waals surface area contributed by atoms with Crippen LogP contribution in [0.3, 0.4) is 0 Å². The summed E-state index contributed by atoms with van der Waals surface area (Å²) in [5, 5.41) is 0. The topological polar surface area (TPSA) is 81.2 Å². The summed E-state index contributed by atoms with van der Waals surface area (Å²) in [6.45, 7) is 1.55. The summed E-state index contributed by atoms with van der Waals surface area (Å²) >= 11 is 12.8. The van der Waals surface area contributed by atoms with Crippen LogP contribution in [0.15, 0.2) is 58.3 Å². The molecule has 0 saturated carbocycles. The normalized spacial score (nSPS) is 19.2. The van der Waals surface area contributed by atoms with Crippen LogP contribution in [0.4, 0.5) is 8.78 Å². The Morgan fingerprint density at radius 2 is 1.05 bits per heavy atom. The lowest BCUT2D eigenvalue weighted by molar-refractivity contribution is -0.140. The number of nitrogens with zero attached hydrogens (tertiary/aromatic N) is 4. The number of piperazine rings is 1. The fourth-order valence-electron chi connectivity index (χ4n) is 4.79. The van der Waals surface area contributed by atoms with Crippen LogP contribution in [0.2, 0.25) is 0 Å². The largest absolute Gasteiger partial charge is 0.339 e. The lowest BCUT2D eigenvalue weighted by Crippen LogP contribution is -2.51. The van der Waals surface area contributed by atoms with Gasteiger partial charge in [0, 0.05) is 63.2 Å². The summed E-state index contributed by atoms with van der Waals surface area (Å²) < 4.78 is 28.7. The molecule has 3 fully saturated rings. The highest BCUT2D eigenvalue weighted by Gasteiger charge is 2.35. The van der Waals surface area contributed by atoms with Gasteiger partial charge in [-0.2, -0.15) is 0 Å². The van der Waals surface area contributed by atoms with Crippen LogP contribution in [-0.4, -0.2) is 91.1 Å². The predicted molar refractivity (Wildman–Crippen MR) is 175 cm³/mol. The van der Waals surface area contributed by atoms with E-state index >= 15 is 0 Å². The Hall–Kier alpha value is -3.46. The van der Waals surface area contributed by atoms with Crippen LogP contribution >= 0.6 is 48.0 Å². The number of hydrogen-bond acceptors (Lipinski definition) is 8. The van der Waals surface area contributed by atoms with Gasteiger partial charge in [-0.1, -0.05) is 84.4 Å². The maximum Gasteiger partial charge on any atom is 0.266 e. The number of carbonyl (C=O) groups is 4. The van der Waals surface area contributed by atoms with Crippen molar-refractivity contribution in [2.24, 2.45) is 0 Å². The zero-order valence-electron chi connectivity index (χ0n) is 23.2. The number of amides is 4. The fraction of sp³-hybridized carbons (Fsp3) is 0.267. The zero-order chi connectivity index (χ0) is 31.4. The molecule has 0 atom stereocenters. The summed E-state index contributed by atoms with van der Waals surface area (Å²) in [4.78, 5) is 58.1. The Morgan fingerprint density at radius 1 is 0.682 bits per heavy atom.